The van der Waals surface area contributed by atoms with E-state index in [9.17, 15) is 9.90 Å². The van der Waals surface area contributed by atoms with Crippen molar-refractivity contribution >= 4 is 5.97 Å². The van der Waals surface area contributed by atoms with Gasteiger partial charge in [-0.15, -0.1) is 0 Å². The van der Waals surface area contributed by atoms with Crippen molar-refractivity contribution in [3.05, 3.63) is 23.3 Å². The van der Waals surface area contributed by atoms with Crippen LogP contribution in [0.4, 0.5) is 0 Å². The Kier molecular flexibility index (Phi) is 2.73. The van der Waals surface area contributed by atoms with Gasteiger partial charge in [-0.2, -0.15) is 0 Å². The first kappa shape index (κ1) is 10.8. The quantitative estimate of drug-likeness (QED) is 0.818. The molecule has 0 saturated heterocycles. The van der Waals surface area contributed by atoms with E-state index in [1.54, 1.807) is 19.1 Å². The molecule has 0 amide bonds. The average molecular weight is 222 g/mol. The van der Waals surface area contributed by atoms with Gasteiger partial charge < -0.3 is 14.9 Å². The Morgan fingerprint density at radius 1 is 1.50 bits per heavy atom. The molecule has 16 heavy (non-hydrogen) atoms. The first-order chi connectivity index (χ1) is 7.58. The fourth-order valence-corrected chi connectivity index (χ4v) is 1.70. The Balaban J connectivity index is 2.22. The van der Waals surface area contributed by atoms with Crippen molar-refractivity contribution in [1.29, 1.82) is 0 Å². The molecule has 0 heterocycles. The topological polar surface area (TPSA) is 66.8 Å². The highest BCUT2D eigenvalue weighted by molar-refractivity contribution is 5.68. The number of phenolic OH excluding ortho intramolecular Hbond substituents is 1. The number of aromatic hydroxyl groups is 1. The molecule has 0 bridgehead atoms. The largest absolute Gasteiger partial charge is 0.508 e. The van der Waals surface area contributed by atoms with E-state index in [0.29, 0.717) is 11.7 Å². The van der Waals surface area contributed by atoms with E-state index in [0.717, 1.165) is 24.0 Å². The van der Waals surface area contributed by atoms with Crippen LogP contribution in [0.3, 0.4) is 0 Å². The summed E-state index contributed by atoms with van der Waals surface area (Å²) in [6, 6.07) is 3.39. The summed E-state index contributed by atoms with van der Waals surface area (Å²) in [4.78, 5) is 10.4. The second kappa shape index (κ2) is 4.04. The molecule has 2 rings (SSSR count). The van der Waals surface area contributed by atoms with E-state index in [1.165, 1.54) is 0 Å². The van der Waals surface area contributed by atoms with Crippen LogP contribution in [0, 0.1) is 6.92 Å². The lowest BCUT2D eigenvalue weighted by Crippen LogP contribution is -2.10. The third-order valence-corrected chi connectivity index (χ3v) is 2.69. The molecule has 4 nitrogen and oxygen atoms in total. The number of benzene rings is 1. The fourth-order valence-electron chi connectivity index (χ4n) is 1.70. The highest BCUT2D eigenvalue weighted by atomic mass is 16.5. The Labute approximate surface area is 93.5 Å². The zero-order valence-electron chi connectivity index (χ0n) is 9.06. The van der Waals surface area contributed by atoms with Crippen LogP contribution in [0.25, 0.3) is 0 Å². The molecule has 86 valence electrons. The highest BCUT2D eigenvalue weighted by Crippen LogP contribution is 2.45. The summed E-state index contributed by atoms with van der Waals surface area (Å²) < 4.78 is 5.16. The van der Waals surface area contributed by atoms with Crippen molar-refractivity contribution in [3.63, 3.8) is 0 Å². The van der Waals surface area contributed by atoms with E-state index in [1.807, 2.05) is 0 Å². The number of aliphatic carboxylic acids is 1. The minimum Gasteiger partial charge on any atom is -0.508 e. The summed E-state index contributed by atoms with van der Waals surface area (Å²) in [5.74, 6) is 0.234. The first-order valence-corrected chi connectivity index (χ1v) is 5.26. The molecule has 1 saturated carbocycles. The number of phenols is 1. The van der Waals surface area contributed by atoms with Crippen LogP contribution in [0.2, 0.25) is 0 Å². The van der Waals surface area contributed by atoms with Gasteiger partial charge in [0.05, 0.1) is 0 Å². The summed E-state index contributed by atoms with van der Waals surface area (Å²) >= 11 is 0. The molecule has 0 unspecified atom stereocenters. The minimum absolute atomic E-state index is 0.280. The summed E-state index contributed by atoms with van der Waals surface area (Å²) in [6.07, 6.45) is 2.16. The second-order valence-electron chi connectivity index (χ2n) is 4.13. The highest BCUT2D eigenvalue weighted by Gasteiger charge is 2.27. The molecule has 0 radical (unpaired) electrons. The van der Waals surface area contributed by atoms with E-state index < -0.39 is 5.97 Å². The average Bonchev–Trinajstić information content (AvgIpc) is 2.99. The molecule has 2 N–H and O–H groups in total. The van der Waals surface area contributed by atoms with E-state index in [-0.39, 0.29) is 12.4 Å². The van der Waals surface area contributed by atoms with Gasteiger partial charge in [0, 0.05) is 5.56 Å². The van der Waals surface area contributed by atoms with Crippen LogP contribution in [-0.2, 0) is 4.79 Å². The predicted octanol–water partition coefficient (Wildman–Crippen LogP) is 2.04. The lowest BCUT2D eigenvalue weighted by molar-refractivity contribution is -0.139. The zero-order chi connectivity index (χ0) is 11.7. The third kappa shape index (κ3) is 2.27. The third-order valence-electron chi connectivity index (χ3n) is 2.69. The van der Waals surface area contributed by atoms with Gasteiger partial charge in [0.2, 0.25) is 0 Å². The maximum absolute atomic E-state index is 10.4. The smallest absolute Gasteiger partial charge is 0.341 e. The van der Waals surface area contributed by atoms with Crippen LogP contribution in [0.1, 0.15) is 29.9 Å². The van der Waals surface area contributed by atoms with Crippen LogP contribution in [0.5, 0.6) is 11.5 Å². The van der Waals surface area contributed by atoms with Crippen LogP contribution >= 0.6 is 0 Å². The molecule has 1 fully saturated rings. The van der Waals surface area contributed by atoms with Crippen molar-refractivity contribution in [2.45, 2.75) is 25.7 Å². The standard InChI is InChI=1S/C12H14O4/c1-7-4-10(13)9(8-2-3-8)5-11(7)16-6-12(14)15/h4-5,8,13H,2-3,6H2,1H3,(H,14,15). The number of carbonyl (C=O) groups is 1. The normalized spacial score (nSPS) is 14.8. The first-order valence-electron chi connectivity index (χ1n) is 5.26. The van der Waals surface area contributed by atoms with E-state index >= 15 is 0 Å². The molecule has 1 aromatic rings. The lowest BCUT2D eigenvalue weighted by Gasteiger charge is -2.10. The van der Waals surface area contributed by atoms with Crippen molar-refractivity contribution in [1.82, 2.24) is 0 Å². The summed E-state index contributed by atoms with van der Waals surface area (Å²) in [5, 5.41) is 18.3. The number of hydrogen-bond acceptors (Lipinski definition) is 3. The monoisotopic (exact) mass is 222 g/mol. The molecule has 1 aliphatic carbocycles. The van der Waals surface area contributed by atoms with Crippen LogP contribution in [-0.4, -0.2) is 22.8 Å². The number of ether oxygens (including phenoxy) is 1. The number of hydrogen-bond donors (Lipinski definition) is 2. The van der Waals surface area contributed by atoms with Gasteiger partial charge in [0.1, 0.15) is 11.5 Å². The maximum Gasteiger partial charge on any atom is 0.341 e. The van der Waals surface area contributed by atoms with Gasteiger partial charge in [-0.3, -0.25) is 0 Å². The van der Waals surface area contributed by atoms with Crippen LogP contribution < -0.4 is 4.74 Å². The Hall–Kier alpha value is -1.71. The zero-order valence-corrected chi connectivity index (χ0v) is 9.06. The second-order valence-corrected chi connectivity index (χ2v) is 4.13. The molecule has 0 aliphatic heterocycles. The number of carboxylic acids is 1. The van der Waals surface area contributed by atoms with Gasteiger partial charge in [-0.25, -0.2) is 4.79 Å². The van der Waals surface area contributed by atoms with Gasteiger partial charge in [0.15, 0.2) is 6.61 Å². The van der Waals surface area contributed by atoms with Crippen LogP contribution in [0.15, 0.2) is 12.1 Å². The van der Waals surface area contributed by atoms with Gasteiger partial charge in [-0.1, -0.05) is 0 Å². The molecule has 1 aliphatic rings. The van der Waals surface area contributed by atoms with Crippen molar-refractivity contribution < 1.29 is 19.7 Å². The predicted molar refractivity (Wildman–Crippen MR) is 57.9 cm³/mol. The van der Waals surface area contributed by atoms with E-state index in [2.05, 4.69) is 0 Å². The number of carboxylic acid groups (broad SMARTS) is 1. The minimum atomic E-state index is -1.000. The lowest BCUT2D eigenvalue weighted by atomic mass is 10.1. The molecule has 1 aromatic carbocycles. The van der Waals surface area contributed by atoms with Gasteiger partial charge in [0.25, 0.3) is 0 Å². The molecule has 0 atom stereocenters. The number of aryl methyl sites for hydroxylation is 1. The summed E-state index contributed by atoms with van der Waals surface area (Å²) in [5.41, 5.74) is 1.62. The van der Waals surface area contributed by atoms with Crippen molar-refractivity contribution in [2.24, 2.45) is 0 Å². The summed E-state index contributed by atoms with van der Waals surface area (Å²) in [6.45, 7) is 1.43. The molecule has 0 aromatic heterocycles. The Morgan fingerprint density at radius 3 is 2.75 bits per heavy atom. The SMILES string of the molecule is Cc1cc(O)c(C2CC2)cc1OCC(=O)O. The van der Waals surface area contributed by atoms with Crippen molar-refractivity contribution in [2.75, 3.05) is 6.61 Å². The number of rotatable bonds is 4. The van der Waals surface area contributed by atoms with Crippen molar-refractivity contribution in [3.8, 4) is 11.5 Å². The molecular weight excluding hydrogens is 208 g/mol. The Bertz CT molecular complexity index is 421. The molecule has 4 heteroatoms. The molecular formula is C12H14O4. The maximum atomic E-state index is 10.4. The summed E-state index contributed by atoms with van der Waals surface area (Å²) in [7, 11) is 0. The van der Waals surface area contributed by atoms with Gasteiger partial charge >= 0.3 is 5.97 Å². The fraction of sp³-hybridized carbons (Fsp3) is 0.417. The van der Waals surface area contributed by atoms with E-state index in [4.69, 9.17) is 9.84 Å². The Morgan fingerprint density at radius 2 is 2.19 bits per heavy atom. The molecule has 0 spiro atoms. The van der Waals surface area contributed by atoms with Gasteiger partial charge in [-0.05, 0) is 43.4 Å².